The number of halogens is 1. The molecule has 0 fully saturated rings. The van der Waals surface area contributed by atoms with Crippen molar-refractivity contribution in [1.82, 2.24) is 9.78 Å². The Bertz CT molecular complexity index is 283. The minimum atomic E-state index is 0.475. The summed E-state index contributed by atoms with van der Waals surface area (Å²) in [6.07, 6.45) is 3.99. The fourth-order valence-corrected chi connectivity index (χ4v) is 2.33. The first-order valence-electron chi connectivity index (χ1n) is 5.12. The van der Waals surface area contributed by atoms with Gasteiger partial charge < -0.3 is 5.73 Å². The second kappa shape index (κ2) is 5.51. The van der Waals surface area contributed by atoms with Gasteiger partial charge in [-0.05, 0) is 35.3 Å². The third-order valence-electron chi connectivity index (χ3n) is 2.34. The molecule has 1 atom stereocenters. The van der Waals surface area contributed by atoms with Gasteiger partial charge in [0.05, 0.1) is 16.4 Å². The molecular formula is C10H18BrN3. The smallest absolute Gasteiger partial charge is 0.0635 e. The van der Waals surface area contributed by atoms with Crippen LogP contribution >= 0.6 is 15.9 Å². The summed E-state index contributed by atoms with van der Waals surface area (Å²) >= 11 is 3.53. The first-order chi connectivity index (χ1) is 6.70. The number of nitrogens with two attached hydrogens (primary N) is 1. The zero-order valence-electron chi connectivity index (χ0n) is 8.83. The highest BCUT2D eigenvalue weighted by molar-refractivity contribution is 9.10. The largest absolute Gasteiger partial charge is 0.330 e. The van der Waals surface area contributed by atoms with Gasteiger partial charge in [-0.3, -0.25) is 4.68 Å². The minimum absolute atomic E-state index is 0.475. The maximum atomic E-state index is 5.56. The Balaban J connectivity index is 2.86. The third kappa shape index (κ3) is 2.58. The van der Waals surface area contributed by atoms with E-state index < -0.39 is 0 Å². The van der Waals surface area contributed by atoms with Crippen LogP contribution in [0.5, 0.6) is 0 Å². The SMILES string of the molecule is CCCn1ncc(Br)c1C(C)CCN. The normalized spacial score (nSPS) is 13.1. The number of aromatic nitrogens is 2. The molecular weight excluding hydrogens is 242 g/mol. The number of hydrogen-bond acceptors (Lipinski definition) is 2. The van der Waals surface area contributed by atoms with Crippen LogP contribution in [0.1, 0.15) is 38.3 Å². The van der Waals surface area contributed by atoms with E-state index in [2.05, 4.69) is 39.6 Å². The van der Waals surface area contributed by atoms with Crippen molar-refractivity contribution in [1.29, 1.82) is 0 Å². The Kier molecular flexibility index (Phi) is 4.62. The summed E-state index contributed by atoms with van der Waals surface area (Å²) in [5.74, 6) is 0.475. The minimum Gasteiger partial charge on any atom is -0.330 e. The quantitative estimate of drug-likeness (QED) is 0.884. The molecule has 2 N–H and O–H groups in total. The summed E-state index contributed by atoms with van der Waals surface area (Å²) < 4.78 is 3.18. The molecule has 1 rings (SSSR count). The fraction of sp³-hybridized carbons (Fsp3) is 0.700. The number of aryl methyl sites for hydroxylation is 1. The van der Waals surface area contributed by atoms with Gasteiger partial charge in [-0.2, -0.15) is 5.10 Å². The lowest BCUT2D eigenvalue weighted by Crippen LogP contribution is -2.11. The Hall–Kier alpha value is -0.350. The molecule has 80 valence electrons. The van der Waals surface area contributed by atoms with Crippen molar-refractivity contribution in [2.45, 2.75) is 39.2 Å². The van der Waals surface area contributed by atoms with E-state index in [1.807, 2.05) is 6.20 Å². The lowest BCUT2D eigenvalue weighted by Gasteiger charge is -2.13. The van der Waals surface area contributed by atoms with Crippen LogP contribution in [0.2, 0.25) is 0 Å². The van der Waals surface area contributed by atoms with Gasteiger partial charge >= 0.3 is 0 Å². The average molecular weight is 260 g/mol. The van der Waals surface area contributed by atoms with Crippen LogP contribution in [0.15, 0.2) is 10.7 Å². The van der Waals surface area contributed by atoms with Crippen molar-refractivity contribution >= 4 is 15.9 Å². The molecule has 0 amide bonds. The summed E-state index contributed by atoms with van der Waals surface area (Å²) in [7, 11) is 0. The van der Waals surface area contributed by atoms with Gasteiger partial charge in [-0.15, -0.1) is 0 Å². The van der Waals surface area contributed by atoms with Crippen molar-refractivity contribution in [3.8, 4) is 0 Å². The molecule has 1 unspecified atom stereocenters. The first-order valence-corrected chi connectivity index (χ1v) is 5.91. The summed E-state index contributed by atoms with van der Waals surface area (Å²) in [5.41, 5.74) is 6.84. The van der Waals surface area contributed by atoms with E-state index in [4.69, 9.17) is 5.73 Å². The topological polar surface area (TPSA) is 43.8 Å². The van der Waals surface area contributed by atoms with E-state index in [1.54, 1.807) is 0 Å². The van der Waals surface area contributed by atoms with Gasteiger partial charge in [-0.25, -0.2) is 0 Å². The molecule has 1 aromatic rings. The van der Waals surface area contributed by atoms with Crippen LogP contribution in [0.25, 0.3) is 0 Å². The monoisotopic (exact) mass is 259 g/mol. The summed E-state index contributed by atoms with van der Waals surface area (Å²) in [6, 6.07) is 0. The van der Waals surface area contributed by atoms with E-state index in [0.717, 1.165) is 30.4 Å². The number of nitrogens with zero attached hydrogens (tertiary/aromatic N) is 2. The molecule has 0 aliphatic carbocycles. The summed E-state index contributed by atoms with van der Waals surface area (Å²) in [5, 5.41) is 4.34. The fourth-order valence-electron chi connectivity index (χ4n) is 1.64. The van der Waals surface area contributed by atoms with Crippen LogP contribution < -0.4 is 5.73 Å². The summed E-state index contributed by atoms with van der Waals surface area (Å²) in [4.78, 5) is 0. The maximum Gasteiger partial charge on any atom is 0.0635 e. The van der Waals surface area contributed by atoms with Gasteiger partial charge in [0.15, 0.2) is 0 Å². The van der Waals surface area contributed by atoms with E-state index in [-0.39, 0.29) is 0 Å². The van der Waals surface area contributed by atoms with E-state index in [9.17, 15) is 0 Å². The highest BCUT2D eigenvalue weighted by Crippen LogP contribution is 2.26. The molecule has 4 heteroatoms. The lowest BCUT2D eigenvalue weighted by atomic mass is 10.0. The maximum absolute atomic E-state index is 5.56. The van der Waals surface area contributed by atoms with E-state index in [0.29, 0.717) is 5.92 Å². The van der Waals surface area contributed by atoms with Crippen molar-refractivity contribution in [3.63, 3.8) is 0 Å². The molecule has 3 nitrogen and oxygen atoms in total. The van der Waals surface area contributed by atoms with Crippen LogP contribution in [0.3, 0.4) is 0 Å². The molecule has 0 saturated carbocycles. The zero-order valence-corrected chi connectivity index (χ0v) is 10.4. The Morgan fingerprint density at radius 2 is 2.36 bits per heavy atom. The molecule has 1 aromatic heterocycles. The lowest BCUT2D eigenvalue weighted by molar-refractivity contribution is 0.534. The highest BCUT2D eigenvalue weighted by Gasteiger charge is 2.14. The number of hydrogen-bond donors (Lipinski definition) is 1. The Labute approximate surface area is 93.8 Å². The van der Waals surface area contributed by atoms with Gasteiger partial charge in [0.25, 0.3) is 0 Å². The predicted octanol–water partition coefficient (Wildman–Crippen LogP) is 2.51. The van der Waals surface area contributed by atoms with Crippen molar-refractivity contribution in [2.75, 3.05) is 6.54 Å². The second-order valence-corrected chi connectivity index (χ2v) is 4.43. The van der Waals surface area contributed by atoms with Gasteiger partial charge in [0, 0.05) is 12.5 Å². The highest BCUT2D eigenvalue weighted by atomic mass is 79.9. The van der Waals surface area contributed by atoms with E-state index in [1.165, 1.54) is 5.69 Å². The second-order valence-electron chi connectivity index (χ2n) is 3.58. The zero-order chi connectivity index (χ0) is 10.6. The van der Waals surface area contributed by atoms with Crippen molar-refractivity contribution in [3.05, 3.63) is 16.4 Å². The van der Waals surface area contributed by atoms with Gasteiger partial charge in [-0.1, -0.05) is 13.8 Å². The van der Waals surface area contributed by atoms with Crippen molar-refractivity contribution in [2.24, 2.45) is 5.73 Å². The molecule has 0 radical (unpaired) electrons. The van der Waals surface area contributed by atoms with E-state index >= 15 is 0 Å². The van der Waals surface area contributed by atoms with Gasteiger partial charge in [0.1, 0.15) is 0 Å². The van der Waals surface area contributed by atoms with Crippen LogP contribution in [-0.4, -0.2) is 16.3 Å². The molecule has 0 aliphatic rings. The molecule has 0 bridgehead atoms. The Morgan fingerprint density at radius 1 is 1.64 bits per heavy atom. The molecule has 0 aromatic carbocycles. The third-order valence-corrected chi connectivity index (χ3v) is 2.95. The average Bonchev–Trinajstić information content (AvgIpc) is 2.48. The molecule has 1 heterocycles. The summed E-state index contributed by atoms with van der Waals surface area (Å²) in [6.45, 7) is 6.06. The molecule has 14 heavy (non-hydrogen) atoms. The van der Waals surface area contributed by atoms with Crippen LogP contribution in [0, 0.1) is 0 Å². The van der Waals surface area contributed by atoms with Crippen LogP contribution in [0.4, 0.5) is 0 Å². The molecule has 0 saturated heterocycles. The van der Waals surface area contributed by atoms with Crippen LogP contribution in [-0.2, 0) is 6.54 Å². The molecule has 0 spiro atoms. The van der Waals surface area contributed by atoms with Crippen molar-refractivity contribution < 1.29 is 0 Å². The Morgan fingerprint density at radius 3 is 2.93 bits per heavy atom. The van der Waals surface area contributed by atoms with Gasteiger partial charge in [0.2, 0.25) is 0 Å². The first kappa shape index (κ1) is 11.7. The standard InChI is InChI=1S/C10H18BrN3/c1-3-6-14-10(8(2)4-5-12)9(11)7-13-14/h7-8H,3-6,12H2,1-2H3. The predicted molar refractivity (Wildman–Crippen MR) is 62.3 cm³/mol. The molecule has 0 aliphatic heterocycles. The number of rotatable bonds is 5.